The molecule has 0 aliphatic rings. The molecule has 0 aromatic heterocycles. The second kappa shape index (κ2) is 4.59. The molecular weight excluding hydrogens is 215 g/mol. The molecule has 0 saturated heterocycles. The summed E-state index contributed by atoms with van der Waals surface area (Å²) in [6, 6.07) is 0. The van der Waals surface area contributed by atoms with Gasteiger partial charge in [0.15, 0.2) is 5.11 Å². The van der Waals surface area contributed by atoms with Crippen LogP contribution >= 0.6 is 12.2 Å². The summed E-state index contributed by atoms with van der Waals surface area (Å²) in [5, 5.41) is 0.000000000000000222. The third-order valence-corrected chi connectivity index (χ3v) is 0. The van der Waals surface area contributed by atoms with Crippen LogP contribution in [0.25, 0.3) is 0 Å². The van der Waals surface area contributed by atoms with Gasteiger partial charge in [-0.15, -0.1) is 0 Å². The van der Waals surface area contributed by atoms with Crippen LogP contribution < -0.4 is 11.5 Å². The molecule has 0 aromatic carbocycles. The van der Waals surface area contributed by atoms with Crippen molar-refractivity contribution >= 4 is 30.7 Å². The Balaban J connectivity index is 0. The maximum absolute atomic E-state index is 8.82. The van der Waals surface area contributed by atoms with Crippen LogP contribution in [0.4, 0.5) is 0 Å². The van der Waals surface area contributed by atoms with Crippen LogP contribution in [0.3, 0.4) is 0 Å². The predicted molar refractivity (Wildman–Crippen MR) is 32.5 cm³/mol. The van der Waals surface area contributed by atoms with Gasteiger partial charge in [0.05, 0.1) is 0 Å². The third kappa shape index (κ3) is 3470. The topological polar surface area (TPSA) is 127 Å². The van der Waals surface area contributed by atoms with Gasteiger partial charge in [0.25, 0.3) is 0 Å². The average Bonchev–Trinajstić information content (AvgIpc) is 1.19. The molecule has 0 spiro atoms. The Morgan fingerprint density at radius 2 is 1.33 bits per heavy atom. The molecule has 6 nitrogen and oxygen atoms in total. The van der Waals surface area contributed by atoms with Crippen molar-refractivity contribution in [2.24, 2.45) is 11.5 Å². The molecule has 0 atom stereocenters. The molecule has 9 heavy (non-hydrogen) atoms. The van der Waals surface area contributed by atoms with Crippen molar-refractivity contribution in [3.05, 3.63) is 0 Å². The van der Waals surface area contributed by atoms with Crippen LogP contribution in [-0.2, 0) is 7.67 Å². The van der Waals surface area contributed by atoms with E-state index in [0.717, 1.165) is 0 Å². The standard InChI is InChI=1S/CH4N2S.H2O4Se/c2-1(3)4;1-5(2,3)4/h(H4,2,3,4);(H2,1,2,3,4). The first-order valence-corrected chi connectivity index (χ1v) is 4.82. The second-order valence-electron chi connectivity index (χ2n) is 0.850. The van der Waals surface area contributed by atoms with Gasteiger partial charge in [-0.1, -0.05) is 0 Å². The first-order chi connectivity index (χ1) is 3.73. The van der Waals surface area contributed by atoms with Gasteiger partial charge in [0, 0.05) is 0 Å². The Bertz CT molecular complexity index is 161. The fourth-order valence-electron chi connectivity index (χ4n) is 0. The molecule has 0 bridgehead atoms. The van der Waals surface area contributed by atoms with Crippen LogP contribution in [0.5, 0.6) is 0 Å². The SMILES string of the molecule is NC(N)=S.O=[Se](=O)(O)O. The van der Waals surface area contributed by atoms with Crippen LogP contribution in [0.15, 0.2) is 0 Å². The summed E-state index contributed by atoms with van der Waals surface area (Å²) in [7, 11) is 0. The third-order valence-electron chi connectivity index (χ3n) is 0. The van der Waals surface area contributed by atoms with Gasteiger partial charge >= 0.3 is 29.4 Å². The van der Waals surface area contributed by atoms with E-state index in [-0.39, 0.29) is 5.11 Å². The molecule has 56 valence electrons. The summed E-state index contributed by atoms with van der Waals surface area (Å²) >= 11 is -1.16. The van der Waals surface area contributed by atoms with Gasteiger partial charge in [0.2, 0.25) is 0 Å². The minimum absolute atomic E-state index is 0.000000000000000222. The van der Waals surface area contributed by atoms with Crippen LogP contribution in [0.2, 0.25) is 0 Å². The van der Waals surface area contributed by atoms with Crippen molar-refractivity contribution in [2.45, 2.75) is 0 Å². The first kappa shape index (κ1) is 11.5. The Morgan fingerprint density at radius 3 is 1.33 bits per heavy atom. The van der Waals surface area contributed by atoms with Gasteiger partial charge in [-0.3, -0.25) is 0 Å². The van der Waals surface area contributed by atoms with E-state index in [4.69, 9.17) is 16.0 Å². The zero-order chi connectivity index (χ0) is 8.08. The maximum atomic E-state index is 8.82. The Hall–Kier alpha value is -0.271. The van der Waals surface area contributed by atoms with Crippen molar-refractivity contribution in [1.29, 1.82) is 0 Å². The first-order valence-electron chi connectivity index (χ1n) is 1.48. The molecule has 0 rings (SSSR count). The molecular formula is CH6N2O4SSe. The summed E-state index contributed by atoms with van der Waals surface area (Å²) in [6.07, 6.45) is 0. The minimum atomic E-state index is -5.25. The molecule has 0 unspecified atom stereocenters. The number of hydrogen-bond acceptors (Lipinski definition) is 3. The Labute approximate surface area is 58.7 Å². The van der Waals surface area contributed by atoms with E-state index < -0.39 is 13.4 Å². The van der Waals surface area contributed by atoms with Gasteiger partial charge in [0.1, 0.15) is 0 Å². The molecule has 0 radical (unpaired) electrons. The summed E-state index contributed by atoms with van der Waals surface area (Å²) in [5.74, 6) is 0. The monoisotopic (exact) mass is 222 g/mol. The molecule has 0 saturated carbocycles. The van der Waals surface area contributed by atoms with Crippen molar-refractivity contribution in [2.75, 3.05) is 0 Å². The molecule has 0 aromatic rings. The Morgan fingerprint density at radius 1 is 1.33 bits per heavy atom. The zero-order valence-electron chi connectivity index (χ0n) is 4.18. The van der Waals surface area contributed by atoms with Gasteiger partial charge in [-0.05, 0) is 12.2 Å². The van der Waals surface area contributed by atoms with Gasteiger partial charge in [-0.25, -0.2) is 0 Å². The van der Waals surface area contributed by atoms with E-state index in [0.29, 0.717) is 0 Å². The quantitative estimate of drug-likeness (QED) is 0.262. The van der Waals surface area contributed by atoms with Crippen molar-refractivity contribution in [3.8, 4) is 0 Å². The van der Waals surface area contributed by atoms with Crippen molar-refractivity contribution in [1.82, 2.24) is 0 Å². The summed E-state index contributed by atoms with van der Waals surface area (Å²) < 4.78 is 31.9. The fourth-order valence-corrected chi connectivity index (χ4v) is 0. The number of nitrogens with two attached hydrogens (primary N) is 2. The molecule has 8 heteroatoms. The summed E-state index contributed by atoms with van der Waals surface area (Å²) in [6.45, 7) is 0. The molecule has 0 aliphatic heterocycles. The van der Waals surface area contributed by atoms with E-state index in [2.05, 4.69) is 23.7 Å². The van der Waals surface area contributed by atoms with E-state index in [1.165, 1.54) is 0 Å². The molecule has 0 fully saturated rings. The van der Waals surface area contributed by atoms with E-state index in [9.17, 15) is 0 Å². The summed E-state index contributed by atoms with van der Waals surface area (Å²) in [5.41, 5.74) is 9.24. The number of hydrogen-bond donors (Lipinski definition) is 4. The number of thiocarbonyl (C=S) groups is 1. The van der Waals surface area contributed by atoms with Gasteiger partial charge in [-0.2, -0.15) is 0 Å². The molecule has 0 amide bonds. The van der Waals surface area contributed by atoms with Crippen molar-refractivity contribution in [3.63, 3.8) is 0 Å². The molecule has 0 aliphatic carbocycles. The van der Waals surface area contributed by atoms with Gasteiger partial charge < -0.3 is 11.5 Å². The predicted octanol–water partition coefficient (Wildman–Crippen LogP) is -2.54. The normalized spacial score (nSPS) is 9.11. The fraction of sp³-hybridized carbons (Fsp3) is 0. The average molecular weight is 221 g/mol. The number of rotatable bonds is 0. The molecule has 6 N–H and O–H groups in total. The van der Waals surface area contributed by atoms with E-state index >= 15 is 0 Å². The summed E-state index contributed by atoms with van der Waals surface area (Å²) in [4.78, 5) is 0. The van der Waals surface area contributed by atoms with Crippen LogP contribution in [0.1, 0.15) is 0 Å². The molecule has 0 heterocycles. The van der Waals surface area contributed by atoms with Crippen molar-refractivity contribution < 1.29 is 16.0 Å². The zero-order valence-corrected chi connectivity index (χ0v) is 6.71. The van der Waals surface area contributed by atoms with E-state index in [1.807, 2.05) is 0 Å². The van der Waals surface area contributed by atoms with Crippen LogP contribution in [0, 0.1) is 0 Å². The second-order valence-corrected chi connectivity index (χ2v) is 3.20. The Kier molecular flexibility index (Phi) is 5.88. The van der Waals surface area contributed by atoms with E-state index in [1.54, 1.807) is 0 Å². The van der Waals surface area contributed by atoms with Crippen LogP contribution in [-0.4, -0.2) is 26.9 Å².